The van der Waals surface area contributed by atoms with Crippen LogP contribution in [0.3, 0.4) is 0 Å². The molecule has 130 valence electrons. The van der Waals surface area contributed by atoms with Crippen molar-refractivity contribution < 1.29 is 24.7 Å². The Labute approximate surface area is 140 Å². The molecule has 0 amide bonds. The van der Waals surface area contributed by atoms with Gasteiger partial charge in [0.25, 0.3) is 5.43 Å². The molecule has 1 aromatic carbocycles. The third-order valence-corrected chi connectivity index (χ3v) is 3.57. The number of benzene rings is 2. The summed E-state index contributed by atoms with van der Waals surface area (Å²) in [5.74, 6) is -1.29. The van der Waals surface area contributed by atoms with Crippen molar-refractivity contribution in [2.24, 2.45) is 0 Å². The molecular formula is C16H14N2O7. The first-order valence-electron chi connectivity index (χ1n) is 7.36. The van der Waals surface area contributed by atoms with E-state index in [9.17, 15) is 24.8 Å². The molecular weight excluding hydrogens is 332 g/mol. The average Bonchev–Trinajstić information content (AvgIpc) is 2.60. The molecule has 2 aliphatic rings. The molecule has 2 N–H and O–H groups in total. The van der Waals surface area contributed by atoms with Crippen LogP contribution in [0.4, 0.5) is 0 Å². The molecule has 9 nitrogen and oxygen atoms in total. The zero-order chi connectivity index (χ0) is 18.1. The highest BCUT2D eigenvalue weighted by Crippen LogP contribution is 2.30. The summed E-state index contributed by atoms with van der Waals surface area (Å²) in [5.41, 5.74) is -2.03. The lowest BCUT2D eigenvalue weighted by Gasteiger charge is -2.19. The number of rotatable bonds is 4. The molecule has 3 rings (SSSR count). The Balaban J connectivity index is 2.29. The van der Waals surface area contributed by atoms with E-state index in [4.69, 9.17) is 9.47 Å². The summed E-state index contributed by atoms with van der Waals surface area (Å²) >= 11 is 0. The first-order valence-corrected chi connectivity index (χ1v) is 7.36. The number of hydrogen-bond acceptors (Lipinski definition) is 7. The Morgan fingerprint density at radius 1 is 1.12 bits per heavy atom. The summed E-state index contributed by atoms with van der Waals surface area (Å²) in [6, 6.07) is 7.12. The highest BCUT2D eigenvalue weighted by molar-refractivity contribution is 5.82. The van der Waals surface area contributed by atoms with Crippen LogP contribution in [0, 0.1) is 0 Å². The standard InChI is InChI=1S/C16H14N2O7/c1-2-24-13(20)8-25-16-14-11(7-12(19)15(16)21)17(22)9-5-3-4-6-10(9)18(14)23/h3-7,22-23H,2,8H2,1H3. The smallest absolute Gasteiger partial charge is 0.344 e. The molecule has 0 aromatic heterocycles. The second-order valence-electron chi connectivity index (χ2n) is 5.11. The highest BCUT2D eigenvalue weighted by Gasteiger charge is 2.25. The largest absolute Gasteiger partial charge is 0.475 e. The van der Waals surface area contributed by atoms with Gasteiger partial charge in [0.05, 0.1) is 6.61 Å². The second kappa shape index (κ2) is 6.19. The summed E-state index contributed by atoms with van der Waals surface area (Å²) in [5, 5.41) is 20.8. The van der Waals surface area contributed by atoms with Crippen LogP contribution in [0.2, 0.25) is 0 Å². The van der Waals surface area contributed by atoms with Gasteiger partial charge in [-0.15, -0.1) is 0 Å². The fourth-order valence-corrected chi connectivity index (χ4v) is 2.50. The molecule has 0 saturated heterocycles. The number of hydrogen-bond donors (Lipinski definition) is 2. The molecule has 25 heavy (non-hydrogen) atoms. The van der Waals surface area contributed by atoms with Crippen LogP contribution in [0.5, 0.6) is 5.75 Å². The maximum Gasteiger partial charge on any atom is 0.344 e. The Kier molecular flexibility index (Phi) is 4.05. The maximum absolute atomic E-state index is 12.1. The van der Waals surface area contributed by atoms with E-state index in [0.717, 1.165) is 6.07 Å². The average molecular weight is 346 g/mol. The summed E-state index contributed by atoms with van der Waals surface area (Å²) in [6.45, 7) is 1.10. The van der Waals surface area contributed by atoms with E-state index in [2.05, 4.69) is 0 Å². The lowest BCUT2D eigenvalue weighted by molar-refractivity contribution is -0.145. The van der Waals surface area contributed by atoms with Gasteiger partial charge in [-0.1, -0.05) is 12.1 Å². The maximum atomic E-state index is 12.1. The first kappa shape index (κ1) is 16.4. The number of esters is 1. The molecule has 0 fully saturated rings. The Morgan fingerprint density at radius 3 is 2.40 bits per heavy atom. The SMILES string of the molecule is CCOC(=O)COc1c2n(O)c3ccccc3n(O)c-2cc(=O)c1=O. The summed E-state index contributed by atoms with van der Waals surface area (Å²) in [6.07, 6.45) is 0. The van der Waals surface area contributed by atoms with Crippen LogP contribution in [0.1, 0.15) is 6.92 Å². The molecule has 1 aromatic rings. The van der Waals surface area contributed by atoms with Crippen molar-refractivity contribution in [2.45, 2.75) is 6.92 Å². The Bertz CT molecular complexity index is 1050. The minimum Gasteiger partial charge on any atom is -0.475 e. The minimum absolute atomic E-state index is 0.121. The molecule has 0 atom stereocenters. The number of carbonyl (C=O) groups excluding carboxylic acids is 1. The van der Waals surface area contributed by atoms with E-state index in [0.29, 0.717) is 9.46 Å². The zero-order valence-electron chi connectivity index (χ0n) is 13.1. The highest BCUT2D eigenvalue weighted by atomic mass is 16.6. The van der Waals surface area contributed by atoms with Crippen LogP contribution in [-0.2, 0) is 9.53 Å². The molecule has 0 bridgehead atoms. The molecule has 0 spiro atoms. The Hall–Kier alpha value is -3.49. The number of nitrogens with zero attached hydrogens (tertiary/aromatic N) is 2. The molecule has 1 aliphatic carbocycles. The summed E-state index contributed by atoms with van der Waals surface area (Å²) < 4.78 is 11.1. The van der Waals surface area contributed by atoms with Gasteiger partial charge in [-0.25, -0.2) is 4.79 Å². The summed E-state index contributed by atoms with van der Waals surface area (Å²) in [7, 11) is 0. The summed E-state index contributed by atoms with van der Waals surface area (Å²) in [4.78, 5) is 35.5. The molecule has 0 radical (unpaired) electrons. The van der Waals surface area contributed by atoms with E-state index in [1.165, 1.54) is 12.1 Å². The van der Waals surface area contributed by atoms with Gasteiger partial charge in [0.15, 0.2) is 12.3 Å². The van der Waals surface area contributed by atoms with Crippen LogP contribution in [0.25, 0.3) is 22.4 Å². The van der Waals surface area contributed by atoms with Gasteiger partial charge in [0.1, 0.15) is 16.7 Å². The number of ether oxygens (including phenoxy) is 2. The number of aromatic nitrogens is 2. The quantitative estimate of drug-likeness (QED) is 0.308. The van der Waals surface area contributed by atoms with Gasteiger partial charge >= 0.3 is 5.97 Å². The number of fused-ring (bicyclic) bond motifs is 2. The van der Waals surface area contributed by atoms with Crippen LogP contribution in [-0.4, -0.2) is 39.1 Å². The zero-order valence-corrected chi connectivity index (χ0v) is 13.1. The van der Waals surface area contributed by atoms with Crippen molar-refractivity contribution in [1.29, 1.82) is 0 Å². The predicted octanol–water partition coefficient (Wildman–Crippen LogP) is 0.684. The normalized spacial score (nSPS) is 10.9. The van der Waals surface area contributed by atoms with Gasteiger partial charge < -0.3 is 19.9 Å². The van der Waals surface area contributed by atoms with Gasteiger partial charge in [-0.05, 0) is 19.1 Å². The van der Waals surface area contributed by atoms with Gasteiger partial charge in [-0.2, -0.15) is 9.46 Å². The van der Waals surface area contributed by atoms with E-state index >= 15 is 0 Å². The minimum atomic E-state index is -1.05. The lowest BCUT2D eigenvalue weighted by Crippen LogP contribution is -2.30. The van der Waals surface area contributed by atoms with Crippen LogP contribution in [0.15, 0.2) is 39.9 Å². The van der Waals surface area contributed by atoms with Crippen molar-refractivity contribution >= 4 is 17.0 Å². The predicted molar refractivity (Wildman–Crippen MR) is 85.6 cm³/mol. The lowest BCUT2D eigenvalue weighted by atomic mass is 10.1. The van der Waals surface area contributed by atoms with Crippen molar-refractivity contribution in [3.05, 3.63) is 50.8 Å². The first-order chi connectivity index (χ1) is 12.0. The van der Waals surface area contributed by atoms with E-state index < -0.39 is 29.2 Å². The molecule has 0 unspecified atom stereocenters. The topological polar surface area (TPSA) is 120 Å². The van der Waals surface area contributed by atoms with Crippen molar-refractivity contribution in [3.8, 4) is 17.1 Å². The fourth-order valence-electron chi connectivity index (χ4n) is 2.50. The van der Waals surface area contributed by atoms with Gasteiger partial charge in [0, 0.05) is 6.07 Å². The van der Waals surface area contributed by atoms with Gasteiger partial charge in [-0.3, -0.25) is 9.59 Å². The van der Waals surface area contributed by atoms with Crippen molar-refractivity contribution in [3.63, 3.8) is 0 Å². The van der Waals surface area contributed by atoms with Crippen molar-refractivity contribution in [2.75, 3.05) is 13.2 Å². The van der Waals surface area contributed by atoms with Crippen molar-refractivity contribution in [1.82, 2.24) is 9.46 Å². The van der Waals surface area contributed by atoms with Crippen LogP contribution >= 0.6 is 0 Å². The van der Waals surface area contributed by atoms with Gasteiger partial charge in [0.2, 0.25) is 11.2 Å². The molecule has 0 saturated carbocycles. The molecule has 1 heterocycles. The number of para-hydroxylation sites is 2. The van der Waals surface area contributed by atoms with E-state index in [-0.39, 0.29) is 29.0 Å². The third kappa shape index (κ3) is 2.65. The Morgan fingerprint density at radius 2 is 1.76 bits per heavy atom. The molecule has 9 heteroatoms. The number of carbonyl (C=O) groups is 1. The van der Waals surface area contributed by atoms with E-state index in [1.807, 2.05) is 0 Å². The van der Waals surface area contributed by atoms with E-state index in [1.54, 1.807) is 19.1 Å². The van der Waals surface area contributed by atoms with Crippen LogP contribution < -0.4 is 15.6 Å². The fraction of sp³-hybridized carbons (Fsp3) is 0.188. The second-order valence-corrected chi connectivity index (χ2v) is 5.11. The molecule has 1 aliphatic heterocycles. The monoisotopic (exact) mass is 346 g/mol. The third-order valence-electron chi connectivity index (χ3n) is 3.57.